The highest BCUT2D eigenvalue weighted by molar-refractivity contribution is 5.84. The maximum atomic E-state index is 13.3. The lowest BCUT2D eigenvalue weighted by molar-refractivity contribution is -0.143. The summed E-state index contributed by atoms with van der Waals surface area (Å²) in [4.78, 5) is 22.3. The predicted octanol–water partition coefficient (Wildman–Crippen LogP) is 0.879. The van der Waals surface area contributed by atoms with Gasteiger partial charge in [-0.05, 0) is 38.6 Å². The van der Waals surface area contributed by atoms with Crippen molar-refractivity contribution in [1.29, 1.82) is 0 Å². The third-order valence-electron chi connectivity index (χ3n) is 6.91. The normalized spacial score (nSPS) is 33.0. The molecule has 4 aliphatic rings. The summed E-state index contributed by atoms with van der Waals surface area (Å²) in [5.41, 5.74) is -0.186. The molecule has 0 aromatic carbocycles. The maximum Gasteiger partial charge on any atom is 0.231 e. The molecule has 5 rings (SSSR count). The van der Waals surface area contributed by atoms with Crippen LogP contribution in [0.25, 0.3) is 0 Å². The molecular weight excluding hydrogens is 330 g/mol. The number of carbonyl (C=O) groups excluding carboxylic acids is 1. The first-order valence-electron chi connectivity index (χ1n) is 10.2. The molecule has 7 heteroatoms. The fourth-order valence-corrected chi connectivity index (χ4v) is 5.23. The molecule has 1 aromatic rings. The minimum Gasteiger partial charge on any atom is -0.342 e. The summed E-state index contributed by atoms with van der Waals surface area (Å²) in [5, 5.41) is 7.62. The van der Waals surface area contributed by atoms with Crippen molar-refractivity contribution in [2.45, 2.75) is 38.0 Å². The second kappa shape index (κ2) is 6.30. The second-order valence-corrected chi connectivity index (χ2v) is 8.94. The van der Waals surface area contributed by atoms with Crippen LogP contribution in [0.15, 0.2) is 4.52 Å². The van der Waals surface area contributed by atoms with Crippen LogP contribution < -0.4 is 5.32 Å². The van der Waals surface area contributed by atoms with Gasteiger partial charge in [-0.25, -0.2) is 0 Å². The van der Waals surface area contributed by atoms with Crippen molar-refractivity contribution >= 4 is 5.91 Å². The zero-order valence-electron chi connectivity index (χ0n) is 15.6. The lowest BCUT2D eigenvalue weighted by Crippen LogP contribution is -2.51. The number of carbonyl (C=O) groups is 1. The molecule has 0 spiro atoms. The zero-order valence-corrected chi connectivity index (χ0v) is 15.6. The molecule has 1 amide bonds. The molecule has 3 saturated heterocycles. The summed E-state index contributed by atoms with van der Waals surface area (Å²) in [5.74, 6) is 3.62. The average Bonchev–Trinajstić information content (AvgIpc) is 3.12. The van der Waals surface area contributed by atoms with Crippen molar-refractivity contribution in [3.63, 3.8) is 0 Å². The van der Waals surface area contributed by atoms with Crippen LogP contribution in [0.1, 0.15) is 43.3 Å². The Balaban J connectivity index is 1.18. The highest BCUT2D eigenvalue weighted by Crippen LogP contribution is 2.41. The summed E-state index contributed by atoms with van der Waals surface area (Å²) >= 11 is 0. The number of piperidine rings is 1. The van der Waals surface area contributed by atoms with Gasteiger partial charge in [0.05, 0.1) is 5.41 Å². The number of amides is 1. The van der Waals surface area contributed by atoms with E-state index in [0.29, 0.717) is 23.7 Å². The van der Waals surface area contributed by atoms with Gasteiger partial charge in [-0.2, -0.15) is 4.98 Å². The van der Waals surface area contributed by atoms with Crippen molar-refractivity contribution in [2.75, 3.05) is 46.3 Å². The molecule has 4 fully saturated rings. The maximum absolute atomic E-state index is 13.3. The Morgan fingerprint density at radius 3 is 2.88 bits per heavy atom. The van der Waals surface area contributed by atoms with E-state index in [2.05, 4.69) is 32.3 Å². The van der Waals surface area contributed by atoms with Gasteiger partial charge in [0.25, 0.3) is 0 Å². The van der Waals surface area contributed by atoms with Crippen molar-refractivity contribution < 1.29 is 9.32 Å². The second-order valence-electron chi connectivity index (χ2n) is 8.94. The molecule has 1 N–H and O–H groups in total. The Kier molecular flexibility index (Phi) is 4.05. The summed E-state index contributed by atoms with van der Waals surface area (Å²) in [6.07, 6.45) is 5.35. The van der Waals surface area contributed by atoms with Crippen LogP contribution in [-0.4, -0.2) is 72.2 Å². The van der Waals surface area contributed by atoms with Crippen LogP contribution in [0.2, 0.25) is 0 Å². The van der Waals surface area contributed by atoms with Gasteiger partial charge in [0, 0.05) is 57.5 Å². The number of hydrogen-bond donors (Lipinski definition) is 1. The largest absolute Gasteiger partial charge is 0.342 e. The number of hydrogen-bond acceptors (Lipinski definition) is 6. The highest BCUT2D eigenvalue weighted by atomic mass is 16.5. The van der Waals surface area contributed by atoms with E-state index in [9.17, 15) is 4.79 Å². The monoisotopic (exact) mass is 359 g/mol. The van der Waals surface area contributed by atoms with Crippen LogP contribution in [0.5, 0.6) is 0 Å². The van der Waals surface area contributed by atoms with Gasteiger partial charge in [0.1, 0.15) is 0 Å². The topological polar surface area (TPSA) is 74.5 Å². The number of nitrogens with one attached hydrogen (secondary N) is 1. The number of likely N-dealkylation sites (tertiary alicyclic amines) is 2. The number of aromatic nitrogens is 2. The minimum atomic E-state index is -0.186. The number of nitrogens with zero attached hydrogens (tertiary/aromatic N) is 4. The average molecular weight is 359 g/mol. The van der Waals surface area contributed by atoms with Gasteiger partial charge in [-0.1, -0.05) is 5.16 Å². The van der Waals surface area contributed by atoms with E-state index in [-0.39, 0.29) is 5.41 Å². The molecule has 1 aliphatic carbocycles. The van der Waals surface area contributed by atoms with Gasteiger partial charge in [-0.3, -0.25) is 4.79 Å². The van der Waals surface area contributed by atoms with Crippen molar-refractivity contribution in [3.05, 3.63) is 11.7 Å². The molecule has 3 aliphatic heterocycles. The first kappa shape index (κ1) is 16.7. The van der Waals surface area contributed by atoms with Crippen LogP contribution in [-0.2, 0) is 11.2 Å². The quantitative estimate of drug-likeness (QED) is 0.860. The van der Waals surface area contributed by atoms with Crippen molar-refractivity contribution in [1.82, 2.24) is 25.3 Å². The van der Waals surface area contributed by atoms with E-state index < -0.39 is 0 Å². The molecule has 4 heterocycles. The summed E-state index contributed by atoms with van der Waals surface area (Å²) in [6.45, 7) is 5.50. The van der Waals surface area contributed by atoms with Crippen LogP contribution in [0.4, 0.5) is 0 Å². The molecule has 142 valence electrons. The smallest absolute Gasteiger partial charge is 0.231 e. The third-order valence-corrected chi connectivity index (χ3v) is 6.91. The zero-order chi connectivity index (χ0) is 17.7. The van der Waals surface area contributed by atoms with Gasteiger partial charge in [0.15, 0.2) is 5.82 Å². The van der Waals surface area contributed by atoms with Crippen molar-refractivity contribution in [2.24, 2.45) is 17.3 Å². The molecule has 2 atom stereocenters. The van der Waals surface area contributed by atoms with E-state index in [1.165, 1.54) is 12.8 Å². The van der Waals surface area contributed by atoms with Gasteiger partial charge < -0.3 is 19.6 Å². The minimum absolute atomic E-state index is 0.186. The predicted molar refractivity (Wildman–Crippen MR) is 95.6 cm³/mol. The van der Waals surface area contributed by atoms with Gasteiger partial charge >= 0.3 is 0 Å². The SMILES string of the molecule is CN1C[C@H]2CNC[C@@]2(C(=O)N2CCC(Cc3noc(C4CC4)n3)CC2)C1. The van der Waals surface area contributed by atoms with Crippen LogP contribution in [0.3, 0.4) is 0 Å². The standard InChI is InChI=1S/C19H29N5O2/c1-23-10-15-9-20-11-19(15,12-23)18(25)24-6-4-13(5-7-24)8-16-21-17(26-22-16)14-2-3-14/h13-15,20H,2-12H2,1H3/t15-,19-/m1/s1. The Morgan fingerprint density at radius 1 is 1.31 bits per heavy atom. The number of fused-ring (bicyclic) bond motifs is 1. The van der Waals surface area contributed by atoms with Crippen LogP contribution >= 0.6 is 0 Å². The fraction of sp³-hybridized carbons (Fsp3) is 0.842. The molecule has 1 saturated carbocycles. The first-order chi connectivity index (χ1) is 12.6. The van der Waals surface area contributed by atoms with Crippen molar-refractivity contribution in [3.8, 4) is 0 Å². The lowest BCUT2D eigenvalue weighted by Gasteiger charge is -2.38. The summed E-state index contributed by atoms with van der Waals surface area (Å²) < 4.78 is 5.38. The number of rotatable bonds is 4. The molecule has 0 bridgehead atoms. The lowest BCUT2D eigenvalue weighted by atomic mass is 9.79. The Bertz CT molecular complexity index is 679. The molecular formula is C19H29N5O2. The molecule has 0 unspecified atom stereocenters. The van der Waals surface area contributed by atoms with Gasteiger partial charge in [0.2, 0.25) is 11.8 Å². The highest BCUT2D eigenvalue weighted by Gasteiger charge is 2.55. The molecule has 1 aromatic heterocycles. The molecule has 7 nitrogen and oxygen atoms in total. The summed E-state index contributed by atoms with van der Waals surface area (Å²) in [7, 11) is 2.14. The molecule has 0 radical (unpaired) electrons. The van der Waals surface area contributed by atoms with E-state index in [1.54, 1.807) is 0 Å². The van der Waals surface area contributed by atoms with Gasteiger partial charge in [-0.15, -0.1) is 0 Å². The third kappa shape index (κ3) is 2.85. The van der Waals surface area contributed by atoms with E-state index >= 15 is 0 Å². The Labute approximate surface area is 154 Å². The summed E-state index contributed by atoms with van der Waals surface area (Å²) in [6, 6.07) is 0. The van der Waals surface area contributed by atoms with E-state index in [1.807, 2.05) is 0 Å². The van der Waals surface area contributed by atoms with E-state index in [0.717, 1.165) is 70.2 Å². The fourth-order valence-electron chi connectivity index (χ4n) is 5.23. The first-order valence-corrected chi connectivity index (χ1v) is 10.2. The molecule has 26 heavy (non-hydrogen) atoms. The Hall–Kier alpha value is -1.47. The Morgan fingerprint density at radius 2 is 2.12 bits per heavy atom. The van der Waals surface area contributed by atoms with E-state index in [4.69, 9.17) is 4.52 Å². The van der Waals surface area contributed by atoms with Crippen LogP contribution in [0, 0.1) is 17.3 Å².